The first-order valence-electron chi connectivity index (χ1n) is 7.70. The van der Waals surface area contributed by atoms with Gasteiger partial charge in [-0.1, -0.05) is 25.1 Å². The fourth-order valence-electron chi connectivity index (χ4n) is 2.07. The van der Waals surface area contributed by atoms with Crippen LogP contribution in [0.25, 0.3) is 6.08 Å². The monoisotopic (exact) mass is 310 g/mol. The molecule has 0 saturated heterocycles. The van der Waals surface area contributed by atoms with Crippen molar-refractivity contribution in [1.29, 1.82) is 0 Å². The molecule has 0 unspecified atom stereocenters. The Morgan fingerprint density at radius 2 is 2.09 bits per heavy atom. The standard InChI is InChI=1S/C17H27NO4/c1-4-6-13-7-8-16(17(9-13)21-3)22-12-15(20)10-18-14(5-2)11-19/h4,6-9,14-15,18-20H,5,10-12H2,1-3H3/p+1/b6-4+/t14-,15-/m1/s1. The number of ether oxygens (including phenoxy) is 2. The lowest BCUT2D eigenvalue weighted by molar-refractivity contribution is -0.696. The Kier molecular flexibility index (Phi) is 8.58. The quantitative estimate of drug-likeness (QED) is 0.597. The van der Waals surface area contributed by atoms with E-state index < -0.39 is 6.10 Å². The number of methoxy groups -OCH3 is 1. The second-order valence-corrected chi connectivity index (χ2v) is 5.20. The van der Waals surface area contributed by atoms with Gasteiger partial charge in [-0.3, -0.25) is 0 Å². The summed E-state index contributed by atoms with van der Waals surface area (Å²) in [4.78, 5) is 0. The summed E-state index contributed by atoms with van der Waals surface area (Å²) in [5, 5.41) is 21.0. The first kappa shape index (κ1) is 18.5. The van der Waals surface area contributed by atoms with Gasteiger partial charge in [0, 0.05) is 0 Å². The zero-order chi connectivity index (χ0) is 16.4. The largest absolute Gasteiger partial charge is 0.493 e. The van der Waals surface area contributed by atoms with Gasteiger partial charge in [-0.15, -0.1) is 0 Å². The van der Waals surface area contributed by atoms with Gasteiger partial charge in [0.25, 0.3) is 0 Å². The van der Waals surface area contributed by atoms with Gasteiger partial charge in [-0.05, 0) is 31.0 Å². The Hall–Kier alpha value is -1.56. The summed E-state index contributed by atoms with van der Waals surface area (Å²) in [6.07, 6.45) is 4.21. The van der Waals surface area contributed by atoms with Crippen LogP contribution in [0.5, 0.6) is 11.5 Å². The third-order valence-corrected chi connectivity index (χ3v) is 3.48. The van der Waals surface area contributed by atoms with Gasteiger partial charge in [0.05, 0.1) is 13.7 Å². The van der Waals surface area contributed by atoms with E-state index in [-0.39, 0.29) is 19.3 Å². The number of benzene rings is 1. The van der Waals surface area contributed by atoms with Gasteiger partial charge in [-0.25, -0.2) is 0 Å². The molecule has 4 N–H and O–H groups in total. The highest BCUT2D eigenvalue weighted by atomic mass is 16.5. The Morgan fingerprint density at radius 3 is 2.68 bits per heavy atom. The van der Waals surface area contributed by atoms with Crippen molar-refractivity contribution >= 4 is 6.08 Å². The molecule has 0 bridgehead atoms. The minimum Gasteiger partial charge on any atom is -0.493 e. The van der Waals surface area contributed by atoms with Gasteiger partial charge in [0.2, 0.25) is 0 Å². The van der Waals surface area contributed by atoms with Crippen LogP contribution in [0.3, 0.4) is 0 Å². The number of rotatable bonds is 10. The van der Waals surface area contributed by atoms with E-state index in [0.717, 1.165) is 12.0 Å². The molecule has 0 radical (unpaired) electrons. The van der Waals surface area contributed by atoms with E-state index >= 15 is 0 Å². The van der Waals surface area contributed by atoms with Crippen LogP contribution in [0.15, 0.2) is 24.3 Å². The number of aliphatic hydroxyl groups excluding tert-OH is 2. The number of quaternary nitrogens is 1. The minimum absolute atomic E-state index is 0.115. The van der Waals surface area contributed by atoms with Gasteiger partial charge in [0.1, 0.15) is 25.3 Å². The van der Waals surface area contributed by atoms with E-state index in [4.69, 9.17) is 14.6 Å². The van der Waals surface area contributed by atoms with Crippen molar-refractivity contribution in [2.75, 3.05) is 26.9 Å². The molecule has 1 aromatic carbocycles. The van der Waals surface area contributed by atoms with Crippen LogP contribution in [0.2, 0.25) is 0 Å². The molecule has 124 valence electrons. The second-order valence-electron chi connectivity index (χ2n) is 5.20. The zero-order valence-electron chi connectivity index (χ0n) is 13.7. The van der Waals surface area contributed by atoms with Gasteiger partial charge >= 0.3 is 0 Å². The van der Waals surface area contributed by atoms with Crippen LogP contribution < -0.4 is 14.8 Å². The Bertz CT molecular complexity index is 458. The predicted octanol–water partition coefficient (Wildman–Crippen LogP) is 0.802. The zero-order valence-corrected chi connectivity index (χ0v) is 13.7. The van der Waals surface area contributed by atoms with Crippen LogP contribution in [-0.2, 0) is 0 Å². The van der Waals surface area contributed by atoms with Crippen LogP contribution in [0, 0.1) is 0 Å². The lowest BCUT2D eigenvalue weighted by atomic mass is 10.2. The molecule has 5 heteroatoms. The van der Waals surface area contributed by atoms with Crippen molar-refractivity contribution in [3.05, 3.63) is 29.8 Å². The lowest BCUT2D eigenvalue weighted by Gasteiger charge is -2.16. The van der Waals surface area contributed by atoms with Crippen molar-refractivity contribution in [2.45, 2.75) is 32.4 Å². The molecule has 0 aliphatic rings. The Balaban J connectivity index is 2.52. The van der Waals surface area contributed by atoms with Crippen molar-refractivity contribution in [3.63, 3.8) is 0 Å². The maximum Gasteiger partial charge on any atom is 0.161 e. The van der Waals surface area contributed by atoms with Gasteiger partial charge < -0.3 is 25.0 Å². The molecule has 2 atom stereocenters. The van der Waals surface area contributed by atoms with Crippen molar-refractivity contribution in [1.82, 2.24) is 0 Å². The number of aliphatic hydroxyl groups is 2. The molecule has 0 amide bonds. The second kappa shape index (κ2) is 10.2. The summed E-state index contributed by atoms with van der Waals surface area (Å²) in [5.41, 5.74) is 1.04. The maximum absolute atomic E-state index is 9.96. The van der Waals surface area contributed by atoms with Crippen LogP contribution >= 0.6 is 0 Å². The van der Waals surface area contributed by atoms with E-state index in [0.29, 0.717) is 18.0 Å². The maximum atomic E-state index is 9.96. The molecule has 0 heterocycles. The van der Waals surface area contributed by atoms with E-state index in [1.165, 1.54) is 0 Å². The normalized spacial score (nSPS) is 14.0. The molecular formula is C17H28NO4+. The van der Waals surface area contributed by atoms with Gasteiger partial charge in [0.15, 0.2) is 11.5 Å². The lowest BCUT2D eigenvalue weighted by Crippen LogP contribution is -2.92. The summed E-state index contributed by atoms with van der Waals surface area (Å²) in [6, 6.07) is 5.80. The third kappa shape index (κ3) is 6.05. The smallest absolute Gasteiger partial charge is 0.161 e. The minimum atomic E-state index is -0.597. The van der Waals surface area contributed by atoms with E-state index in [2.05, 4.69) is 0 Å². The average molecular weight is 310 g/mol. The van der Waals surface area contributed by atoms with Crippen LogP contribution in [-0.4, -0.2) is 49.2 Å². The summed E-state index contributed by atoms with van der Waals surface area (Å²) < 4.78 is 11.0. The van der Waals surface area contributed by atoms with E-state index in [1.54, 1.807) is 7.11 Å². The summed E-state index contributed by atoms with van der Waals surface area (Å²) in [5.74, 6) is 1.26. The van der Waals surface area contributed by atoms with E-state index in [1.807, 2.05) is 49.5 Å². The first-order chi connectivity index (χ1) is 10.6. The molecule has 1 aromatic rings. The summed E-state index contributed by atoms with van der Waals surface area (Å²) in [6.45, 7) is 4.77. The van der Waals surface area contributed by atoms with E-state index in [9.17, 15) is 5.11 Å². The molecule has 0 saturated carbocycles. The van der Waals surface area contributed by atoms with Crippen molar-refractivity contribution < 1.29 is 25.0 Å². The van der Waals surface area contributed by atoms with Crippen LogP contribution in [0.4, 0.5) is 0 Å². The fraction of sp³-hybridized carbons (Fsp3) is 0.529. The summed E-state index contributed by atoms with van der Waals surface area (Å²) >= 11 is 0. The number of nitrogens with two attached hydrogens (primary N) is 1. The Labute approximate surface area is 132 Å². The molecule has 5 nitrogen and oxygen atoms in total. The fourth-order valence-corrected chi connectivity index (χ4v) is 2.07. The Morgan fingerprint density at radius 1 is 1.32 bits per heavy atom. The molecule has 0 aromatic heterocycles. The van der Waals surface area contributed by atoms with Crippen LogP contribution in [0.1, 0.15) is 25.8 Å². The molecule has 0 aliphatic heterocycles. The third-order valence-electron chi connectivity index (χ3n) is 3.48. The average Bonchev–Trinajstić information content (AvgIpc) is 2.54. The molecule has 22 heavy (non-hydrogen) atoms. The number of hydrogen-bond acceptors (Lipinski definition) is 4. The highest BCUT2D eigenvalue weighted by Gasteiger charge is 2.14. The first-order valence-corrected chi connectivity index (χ1v) is 7.70. The summed E-state index contributed by atoms with van der Waals surface area (Å²) in [7, 11) is 1.60. The highest BCUT2D eigenvalue weighted by Crippen LogP contribution is 2.28. The molecule has 0 aliphatic carbocycles. The molecule has 0 fully saturated rings. The predicted molar refractivity (Wildman–Crippen MR) is 87.2 cm³/mol. The molecular weight excluding hydrogens is 282 g/mol. The van der Waals surface area contributed by atoms with Crippen molar-refractivity contribution in [2.24, 2.45) is 0 Å². The van der Waals surface area contributed by atoms with Gasteiger partial charge in [-0.2, -0.15) is 0 Å². The number of hydrogen-bond donors (Lipinski definition) is 3. The SMILES string of the molecule is C/C=C/c1ccc(OC[C@H](O)C[NH2+][C@H](CC)CO)c(OC)c1. The molecule has 0 spiro atoms. The number of allylic oxidation sites excluding steroid dienone is 1. The van der Waals surface area contributed by atoms with Crippen molar-refractivity contribution in [3.8, 4) is 11.5 Å². The highest BCUT2D eigenvalue weighted by molar-refractivity contribution is 5.55. The molecule has 1 rings (SSSR count). The topological polar surface area (TPSA) is 75.5 Å².